The second-order valence-corrected chi connectivity index (χ2v) is 6.47. The number of nitrogens with zero attached hydrogens (tertiary/aromatic N) is 4. The van der Waals surface area contributed by atoms with E-state index in [1.54, 1.807) is 33.9 Å². The molecule has 2 amide bonds. The highest BCUT2D eigenvalue weighted by Crippen LogP contribution is 2.23. The number of carbonyl (C=O) groups excluding carboxylic acids is 2. The molecule has 0 unspecified atom stereocenters. The molecule has 2 aromatic heterocycles. The topological polar surface area (TPSA) is 88.8 Å². The molecule has 0 aromatic carbocycles. The third kappa shape index (κ3) is 3.09. The van der Waals surface area contributed by atoms with Crippen LogP contribution < -0.4 is 5.32 Å². The summed E-state index contributed by atoms with van der Waals surface area (Å²) in [6, 6.07) is 3.00. The normalized spacial score (nSPS) is 23.8. The summed E-state index contributed by atoms with van der Waals surface area (Å²) in [6.45, 7) is 1.22. The molecule has 132 valence electrons. The highest BCUT2D eigenvalue weighted by atomic mass is 16.5. The Kier molecular flexibility index (Phi) is 4.35. The Morgan fingerprint density at radius 2 is 2.08 bits per heavy atom. The summed E-state index contributed by atoms with van der Waals surface area (Å²) < 4.78 is 7.09. The van der Waals surface area contributed by atoms with Crippen molar-refractivity contribution in [3.8, 4) is 0 Å². The largest absolute Gasteiger partial charge is 0.368 e. The molecule has 4 rings (SSSR count). The molecule has 8 heteroatoms. The van der Waals surface area contributed by atoms with Crippen LogP contribution >= 0.6 is 0 Å². The van der Waals surface area contributed by atoms with E-state index in [1.807, 2.05) is 0 Å². The number of ether oxygens (including phenoxy) is 1. The van der Waals surface area contributed by atoms with E-state index < -0.39 is 12.1 Å². The van der Waals surface area contributed by atoms with Gasteiger partial charge in [-0.15, -0.1) is 0 Å². The van der Waals surface area contributed by atoms with E-state index in [0.29, 0.717) is 31.0 Å². The zero-order valence-electron chi connectivity index (χ0n) is 13.9. The van der Waals surface area contributed by atoms with E-state index in [-0.39, 0.29) is 11.8 Å². The van der Waals surface area contributed by atoms with Gasteiger partial charge in [0.25, 0.3) is 5.91 Å². The highest BCUT2D eigenvalue weighted by molar-refractivity contribution is 5.97. The second kappa shape index (κ2) is 6.79. The first-order chi connectivity index (χ1) is 12.2. The Bertz CT molecular complexity index is 783. The average Bonchev–Trinajstić information content (AvgIpc) is 3.33. The first-order valence-corrected chi connectivity index (χ1v) is 8.76. The number of nitrogens with one attached hydrogen (secondary N) is 1. The van der Waals surface area contributed by atoms with E-state index in [9.17, 15) is 9.59 Å². The molecular weight excluding hydrogens is 322 g/mol. The van der Waals surface area contributed by atoms with Gasteiger partial charge < -0.3 is 15.0 Å². The van der Waals surface area contributed by atoms with Crippen LogP contribution in [0, 0.1) is 0 Å². The van der Waals surface area contributed by atoms with E-state index in [0.717, 1.165) is 25.7 Å². The number of likely N-dealkylation sites (tertiary alicyclic amines) is 1. The van der Waals surface area contributed by atoms with Crippen molar-refractivity contribution >= 4 is 23.3 Å². The van der Waals surface area contributed by atoms with Crippen LogP contribution in [0.15, 0.2) is 24.5 Å². The average molecular weight is 343 g/mol. The minimum Gasteiger partial charge on any atom is -0.368 e. The number of fused-ring (bicyclic) bond motifs is 1. The summed E-state index contributed by atoms with van der Waals surface area (Å²) >= 11 is 0. The molecule has 0 spiro atoms. The van der Waals surface area contributed by atoms with Gasteiger partial charge in [-0.25, -0.2) is 4.98 Å². The summed E-state index contributed by atoms with van der Waals surface area (Å²) in [7, 11) is 0. The van der Waals surface area contributed by atoms with E-state index >= 15 is 0 Å². The minimum absolute atomic E-state index is 0.0590. The zero-order valence-corrected chi connectivity index (χ0v) is 13.9. The van der Waals surface area contributed by atoms with E-state index in [2.05, 4.69) is 15.4 Å². The maximum Gasteiger partial charge on any atom is 0.252 e. The molecule has 25 heavy (non-hydrogen) atoms. The lowest BCUT2D eigenvalue weighted by Gasteiger charge is -2.36. The summed E-state index contributed by atoms with van der Waals surface area (Å²) in [5, 5.41) is 7.08. The molecule has 4 heterocycles. The predicted molar refractivity (Wildman–Crippen MR) is 89.9 cm³/mol. The SMILES string of the molecule is O=C(Nc1ccnc2ccnn12)[C@H]1CCCCN1C(=O)[C@H]1CCCO1. The van der Waals surface area contributed by atoms with Gasteiger partial charge in [-0.1, -0.05) is 0 Å². The first kappa shape index (κ1) is 16.0. The molecule has 0 saturated carbocycles. The van der Waals surface area contributed by atoms with Crippen LogP contribution in [-0.4, -0.2) is 56.6 Å². The van der Waals surface area contributed by atoms with Crippen molar-refractivity contribution < 1.29 is 14.3 Å². The quantitative estimate of drug-likeness (QED) is 0.905. The van der Waals surface area contributed by atoms with Crippen molar-refractivity contribution in [3.05, 3.63) is 24.5 Å². The lowest BCUT2D eigenvalue weighted by molar-refractivity contribution is -0.148. The summed E-state index contributed by atoms with van der Waals surface area (Å²) in [5.41, 5.74) is 0.661. The van der Waals surface area contributed by atoms with Gasteiger partial charge in [-0.2, -0.15) is 9.61 Å². The molecular formula is C17H21N5O3. The summed E-state index contributed by atoms with van der Waals surface area (Å²) in [4.78, 5) is 31.5. The van der Waals surface area contributed by atoms with Crippen LogP contribution in [0.4, 0.5) is 5.82 Å². The molecule has 0 bridgehead atoms. The lowest BCUT2D eigenvalue weighted by Crippen LogP contribution is -2.53. The van der Waals surface area contributed by atoms with Crippen molar-refractivity contribution in [2.24, 2.45) is 0 Å². The van der Waals surface area contributed by atoms with E-state index in [4.69, 9.17) is 4.74 Å². The van der Waals surface area contributed by atoms with E-state index in [1.165, 1.54) is 0 Å². The Balaban J connectivity index is 1.52. The molecule has 2 atom stereocenters. The van der Waals surface area contributed by atoms with Crippen LogP contribution in [0.25, 0.3) is 5.65 Å². The van der Waals surface area contributed by atoms with Crippen LogP contribution in [0.2, 0.25) is 0 Å². The van der Waals surface area contributed by atoms with Gasteiger partial charge in [0.05, 0.1) is 6.20 Å². The number of anilines is 1. The first-order valence-electron chi connectivity index (χ1n) is 8.76. The molecule has 0 radical (unpaired) electrons. The second-order valence-electron chi connectivity index (χ2n) is 6.47. The summed E-state index contributed by atoms with van der Waals surface area (Å²) in [6.07, 6.45) is 7.01. The van der Waals surface area contributed by atoms with Gasteiger partial charge in [0.15, 0.2) is 5.65 Å². The van der Waals surface area contributed by atoms with Crippen LogP contribution in [-0.2, 0) is 14.3 Å². The number of carbonyl (C=O) groups is 2. The number of hydrogen-bond donors (Lipinski definition) is 1. The Labute approximate surface area is 145 Å². The molecule has 8 nitrogen and oxygen atoms in total. The van der Waals surface area contributed by atoms with Gasteiger partial charge in [0.1, 0.15) is 18.0 Å². The fraction of sp³-hybridized carbons (Fsp3) is 0.529. The number of piperidine rings is 1. The highest BCUT2D eigenvalue weighted by Gasteiger charge is 2.37. The van der Waals surface area contributed by atoms with Gasteiger partial charge in [0.2, 0.25) is 5.91 Å². The molecule has 2 aliphatic rings. The van der Waals surface area contributed by atoms with Crippen molar-refractivity contribution in [1.29, 1.82) is 0 Å². The van der Waals surface area contributed by atoms with Gasteiger partial charge in [-0.05, 0) is 38.2 Å². The Morgan fingerprint density at radius 3 is 2.92 bits per heavy atom. The van der Waals surface area contributed by atoms with Gasteiger partial charge in [-0.3, -0.25) is 9.59 Å². The monoisotopic (exact) mass is 343 g/mol. The predicted octanol–water partition coefficient (Wildman–Crippen LogP) is 1.23. The number of rotatable bonds is 3. The molecule has 1 N–H and O–H groups in total. The lowest BCUT2D eigenvalue weighted by atomic mass is 10.00. The number of hydrogen-bond acceptors (Lipinski definition) is 5. The molecule has 2 fully saturated rings. The number of amides is 2. The van der Waals surface area contributed by atoms with Crippen LogP contribution in [0.1, 0.15) is 32.1 Å². The molecule has 0 aliphatic carbocycles. The minimum atomic E-state index is -0.468. The van der Waals surface area contributed by atoms with Crippen LogP contribution in [0.3, 0.4) is 0 Å². The fourth-order valence-corrected chi connectivity index (χ4v) is 3.56. The molecule has 2 saturated heterocycles. The standard InChI is InChI=1S/C17H21N5O3/c23-16(20-15-6-8-18-14-7-9-19-22(14)15)12-4-1-2-10-21(12)17(24)13-5-3-11-25-13/h6-9,12-13H,1-5,10-11H2,(H,20,23)/t12-,13-/m1/s1. The summed E-state index contributed by atoms with van der Waals surface area (Å²) in [5.74, 6) is 0.306. The maximum absolute atomic E-state index is 12.9. The fourth-order valence-electron chi connectivity index (χ4n) is 3.56. The van der Waals surface area contributed by atoms with Gasteiger partial charge >= 0.3 is 0 Å². The Hall–Kier alpha value is -2.48. The van der Waals surface area contributed by atoms with Crippen molar-refractivity contribution in [3.63, 3.8) is 0 Å². The van der Waals surface area contributed by atoms with Crippen molar-refractivity contribution in [2.45, 2.75) is 44.2 Å². The van der Waals surface area contributed by atoms with Gasteiger partial charge in [0, 0.05) is 25.4 Å². The third-order valence-corrected chi connectivity index (χ3v) is 4.84. The maximum atomic E-state index is 12.9. The Morgan fingerprint density at radius 1 is 1.16 bits per heavy atom. The molecule has 2 aliphatic heterocycles. The zero-order chi connectivity index (χ0) is 17.2. The third-order valence-electron chi connectivity index (χ3n) is 4.84. The number of aromatic nitrogens is 3. The van der Waals surface area contributed by atoms with Crippen molar-refractivity contribution in [2.75, 3.05) is 18.5 Å². The van der Waals surface area contributed by atoms with Crippen LogP contribution in [0.5, 0.6) is 0 Å². The van der Waals surface area contributed by atoms with Crippen molar-refractivity contribution in [1.82, 2.24) is 19.5 Å². The molecule has 2 aromatic rings. The smallest absolute Gasteiger partial charge is 0.252 e.